The zero-order valence-electron chi connectivity index (χ0n) is 13.7. The molecule has 8 heteroatoms. The third-order valence-electron chi connectivity index (χ3n) is 3.72. The number of phenols is 2. The van der Waals surface area contributed by atoms with Gasteiger partial charge in [-0.2, -0.15) is 0 Å². The van der Waals surface area contributed by atoms with Crippen molar-refractivity contribution in [1.82, 2.24) is 10.0 Å². The van der Waals surface area contributed by atoms with Crippen LogP contribution in [0.5, 0.6) is 11.5 Å². The van der Waals surface area contributed by atoms with Gasteiger partial charge in [-0.3, -0.25) is 9.59 Å². The molecular formula is C16H18N2O4S2. The second kappa shape index (κ2) is 5.93. The lowest BCUT2D eigenvalue weighted by atomic mass is 10.2. The first-order valence-corrected chi connectivity index (χ1v) is 9.19. The molecule has 6 nitrogen and oxygen atoms in total. The van der Waals surface area contributed by atoms with E-state index in [1.807, 2.05) is 27.7 Å². The Bertz CT molecular complexity index is 713. The lowest BCUT2D eigenvalue weighted by molar-refractivity contribution is -0.154. The van der Waals surface area contributed by atoms with E-state index in [0.29, 0.717) is 14.0 Å². The first-order chi connectivity index (χ1) is 11.2. The highest BCUT2D eigenvalue weighted by Gasteiger charge is 2.46. The van der Waals surface area contributed by atoms with Crippen LogP contribution in [0.4, 0.5) is 0 Å². The van der Waals surface area contributed by atoms with Crippen molar-refractivity contribution in [3.8, 4) is 11.5 Å². The van der Waals surface area contributed by atoms with Crippen LogP contribution >= 0.6 is 23.5 Å². The first-order valence-electron chi connectivity index (χ1n) is 7.56. The number of hydrazine groups is 1. The van der Waals surface area contributed by atoms with Gasteiger partial charge in [0.1, 0.15) is 17.1 Å². The molecule has 3 rings (SSSR count). The molecule has 1 aromatic rings. The number of carbonyl (C=O) groups is 2. The average molecular weight is 366 g/mol. The van der Waals surface area contributed by atoms with Gasteiger partial charge < -0.3 is 10.2 Å². The summed E-state index contributed by atoms with van der Waals surface area (Å²) in [5.74, 6) is -0.638. The number of rotatable bonds is 2. The maximum atomic E-state index is 12.8. The van der Waals surface area contributed by atoms with Crippen molar-refractivity contribution in [2.45, 2.75) is 49.6 Å². The molecule has 1 fully saturated rings. The Morgan fingerprint density at radius 3 is 1.54 bits per heavy atom. The molecular weight excluding hydrogens is 348 g/mol. The number of nitrogens with zero attached hydrogens (tertiary/aromatic N) is 2. The summed E-state index contributed by atoms with van der Waals surface area (Å²) in [6.45, 7) is 7.43. The van der Waals surface area contributed by atoms with Crippen molar-refractivity contribution >= 4 is 35.3 Å². The standard InChI is InChI=1S/C16H18N2O4S2/c1-7(2)17-14(21)11(15(22)18(17)8(3)4)16-23-12-9(19)5-6-10(20)13(12)24-16/h5-8,19-20H,1-4H3. The molecule has 2 heterocycles. The van der Waals surface area contributed by atoms with Gasteiger partial charge in [0, 0.05) is 12.1 Å². The largest absolute Gasteiger partial charge is 0.507 e. The van der Waals surface area contributed by atoms with Crippen LogP contribution in [-0.2, 0) is 9.59 Å². The van der Waals surface area contributed by atoms with E-state index in [4.69, 9.17) is 0 Å². The molecule has 128 valence electrons. The molecule has 0 aliphatic carbocycles. The molecule has 2 amide bonds. The van der Waals surface area contributed by atoms with Crippen molar-refractivity contribution in [1.29, 1.82) is 0 Å². The van der Waals surface area contributed by atoms with E-state index in [1.165, 1.54) is 22.2 Å². The normalized spacial score (nSPS) is 17.8. The fourth-order valence-corrected chi connectivity index (χ4v) is 5.29. The number of aromatic hydroxyl groups is 2. The molecule has 0 unspecified atom stereocenters. The minimum Gasteiger partial charge on any atom is -0.507 e. The zero-order chi connectivity index (χ0) is 17.8. The van der Waals surface area contributed by atoms with Crippen LogP contribution in [0.25, 0.3) is 0 Å². The Kier molecular flexibility index (Phi) is 4.21. The number of hydrogen-bond donors (Lipinski definition) is 2. The van der Waals surface area contributed by atoms with Gasteiger partial charge in [-0.25, -0.2) is 10.0 Å². The molecule has 0 bridgehead atoms. The second-order valence-electron chi connectivity index (χ2n) is 6.12. The minimum absolute atomic E-state index is 0.0234. The van der Waals surface area contributed by atoms with Crippen LogP contribution in [0.2, 0.25) is 0 Å². The van der Waals surface area contributed by atoms with Gasteiger partial charge in [-0.1, -0.05) is 23.5 Å². The van der Waals surface area contributed by atoms with Crippen molar-refractivity contribution in [3.05, 3.63) is 21.9 Å². The van der Waals surface area contributed by atoms with Crippen LogP contribution in [0, 0.1) is 0 Å². The summed E-state index contributed by atoms with van der Waals surface area (Å²) < 4.78 is 0.491. The average Bonchev–Trinajstić information content (AvgIpc) is 3.03. The predicted molar refractivity (Wildman–Crippen MR) is 92.5 cm³/mol. The third-order valence-corrected chi connectivity index (χ3v) is 6.36. The van der Waals surface area contributed by atoms with Crippen molar-refractivity contribution in [3.63, 3.8) is 0 Å². The van der Waals surface area contributed by atoms with E-state index in [0.717, 1.165) is 23.5 Å². The van der Waals surface area contributed by atoms with Crippen LogP contribution in [-0.4, -0.2) is 44.1 Å². The first kappa shape index (κ1) is 17.0. The summed E-state index contributed by atoms with van der Waals surface area (Å²) >= 11 is 2.29. The van der Waals surface area contributed by atoms with Crippen molar-refractivity contribution in [2.75, 3.05) is 0 Å². The Balaban J connectivity index is 2.08. The highest BCUT2D eigenvalue weighted by molar-refractivity contribution is 8.25. The van der Waals surface area contributed by atoms with E-state index >= 15 is 0 Å². The summed E-state index contributed by atoms with van der Waals surface area (Å²) in [5, 5.41) is 22.9. The Hall–Kier alpha value is -1.80. The predicted octanol–water partition coefficient (Wildman–Crippen LogP) is 2.91. The van der Waals surface area contributed by atoms with E-state index < -0.39 is 0 Å². The lowest BCUT2D eigenvalue weighted by Crippen LogP contribution is -2.48. The summed E-state index contributed by atoms with van der Waals surface area (Å²) in [5.41, 5.74) is 0.0994. The number of phenolic OH excluding ortho intramolecular Hbond substituents is 2. The van der Waals surface area contributed by atoms with Gasteiger partial charge in [-0.15, -0.1) is 0 Å². The Labute approximate surface area is 148 Å². The molecule has 0 atom stereocenters. The van der Waals surface area contributed by atoms with E-state index in [9.17, 15) is 19.8 Å². The molecule has 24 heavy (non-hydrogen) atoms. The Morgan fingerprint density at radius 2 is 1.21 bits per heavy atom. The van der Waals surface area contributed by atoms with Gasteiger partial charge in [-0.05, 0) is 39.8 Å². The van der Waals surface area contributed by atoms with Gasteiger partial charge in [0.05, 0.1) is 14.0 Å². The number of carbonyl (C=O) groups excluding carboxylic acids is 2. The molecule has 2 aliphatic heterocycles. The lowest BCUT2D eigenvalue weighted by Gasteiger charge is -2.33. The van der Waals surface area contributed by atoms with Crippen LogP contribution < -0.4 is 0 Å². The monoisotopic (exact) mass is 366 g/mol. The number of thioether (sulfide) groups is 2. The molecule has 0 spiro atoms. The van der Waals surface area contributed by atoms with Gasteiger partial charge >= 0.3 is 0 Å². The smallest absolute Gasteiger partial charge is 0.280 e. The number of amides is 2. The Morgan fingerprint density at radius 1 is 0.833 bits per heavy atom. The summed E-state index contributed by atoms with van der Waals surface area (Å²) in [7, 11) is 0. The fourth-order valence-electron chi connectivity index (χ4n) is 2.70. The van der Waals surface area contributed by atoms with Gasteiger partial charge in [0.15, 0.2) is 0 Å². The van der Waals surface area contributed by atoms with Crippen LogP contribution in [0.3, 0.4) is 0 Å². The fraction of sp³-hybridized carbons (Fsp3) is 0.375. The van der Waals surface area contributed by atoms with E-state index in [1.54, 1.807) is 0 Å². The summed E-state index contributed by atoms with van der Waals surface area (Å²) in [4.78, 5) is 26.6. The van der Waals surface area contributed by atoms with Gasteiger partial charge in [0.25, 0.3) is 11.8 Å². The number of benzene rings is 1. The zero-order valence-corrected chi connectivity index (χ0v) is 15.4. The molecule has 1 aromatic carbocycles. The topological polar surface area (TPSA) is 81.1 Å². The molecule has 0 radical (unpaired) electrons. The molecule has 0 saturated carbocycles. The summed E-state index contributed by atoms with van der Waals surface area (Å²) in [6, 6.07) is 2.49. The molecule has 2 N–H and O–H groups in total. The molecule has 0 aromatic heterocycles. The van der Waals surface area contributed by atoms with Crippen LogP contribution in [0.15, 0.2) is 31.7 Å². The SMILES string of the molecule is CC(C)N1C(=O)C(=C2Sc3c(O)ccc(O)c3S2)C(=O)N1C(C)C. The van der Waals surface area contributed by atoms with Crippen LogP contribution in [0.1, 0.15) is 27.7 Å². The highest BCUT2D eigenvalue weighted by Crippen LogP contribution is 2.59. The molecule has 1 saturated heterocycles. The summed E-state index contributed by atoms with van der Waals surface area (Å²) in [6.07, 6.45) is 0. The number of hydrogen-bond acceptors (Lipinski definition) is 6. The van der Waals surface area contributed by atoms with Crippen molar-refractivity contribution < 1.29 is 19.8 Å². The minimum atomic E-state index is -0.342. The maximum Gasteiger partial charge on any atom is 0.280 e. The molecule has 2 aliphatic rings. The van der Waals surface area contributed by atoms with E-state index in [2.05, 4.69) is 0 Å². The number of fused-ring (bicyclic) bond motifs is 1. The highest BCUT2D eigenvalue weighted by atomic mass is 32.2. The third kappa shape index (κ3) is 2.44. The van der Waals surface area contributed by atoms with Crippen molar-refractivity contribution in [2.24, 2.45) is 0 Å². The van der Waals surface area contributed by atoms with Gasteiger partial charge in [0.2, 0.25) is 0 Å². The second-order valence-corrected chi connectivity index (χ2v) is 8.42. The quantitative estimate of drug-likeness (QED) is 0.476. The maximum absolute atomic E-state index is 12.8. The van der Waals surface area contributed by atoms with E-state index in [-0.39, 0.29) is 41.0 Å².